The van der Waals surface area contributed by atoms with Gasteiger partial charge >= 0.3 is 0 Å². The molecule has 0 saturated carbocycles. The largest absolute Gasteiger partial charge is 0.339 e. The maximum absolute atomic E-state index is 12.8. The van der Waals surface area contributed by atoms with Crippen LogP contribution in [-0.2, 0) is 16.6 Å². The van der Waals surface area contributed by atoms with Gasteiger partial charge in [-0.1, -0.05) is 31.2 Å². The van der Waals surface area contributed by atoms with E-state index in [1.165, 1.54) is 5.56 Å². The maximum Gasteiger partial charge on any atom is 0.232 e. The lowest BCUT2D eigenvalue weighted by atomic mass is 9.82. The smallest absolute Gasteiger partial charge is 0.232 e. The predicted molar refractivity (Wildman–Crippen MR) is 82.9 cm³/mol. The van der Waals surface area contributed by atoms with Crippen molar-refractivity contribution in [1.82, 2.24) is 10.2 Å². The molecule has 1 amide bonds. The van der Waals surface area contributed by atoms with Crippen LogP contribution < -0.4 is 5.32 Å². The molecule has 1 unspecified atom stereocenters. The first-order valence-electron chi connectivity index (χ1n) is 7.57. The van der Waals surface area contributed by atoms with Crippen LogP contribution in [0.1, 0.15) is 38.8 Å². The third-order valence-corrected chi connectivity index (χ3v) is 4.27. The zero-order chi connectivity index (χ0) is 14.8. The SMILES string of the molecule is CCc1ccc(C(C)(C)C(=O)N2CCNC(C)C2)cc1. The number of hydrogen-bond donors (Lipinski definition) is 1. The van der Waals surface area contributed by atoms with E-state index in [0.717, 1.165) is 31.6 Å². The van der Waals surface area contributed by atoms with E-state index in [1.54, 1.807) is 0 Å². The van der Waals surface area contributed by atoms with E-state index in [-0.39, 0.29) is 5.91 Å². The standard InChI is InChI=1S/C17H26N2O/c1-5-14-6-8-15(9-7-14)17(3,4)16(20)19-11-10-18-13(2)12-19/h6-9,13,18H,5,10-12H2,1-4H3. The number of hydrogen-bond acceptors (Lipinski definition) is 2. The second-order valence-electron chi connectivity index (χ2n) is 6.28. The fourth-order valence-corrected chi connectivity index (χ4v) is 2.79. The van der Waals surface area contributed by atoms with Gasteiger partial charge in [0.15, 0.2) is 0 Å². The van der Waals surface area contributed by atoms with Gasteiger partial charge in [0.05, 0.1) is 5.41 Å². The normalized spacial score (nSPS) is 20.0. The third kappa shape index (κ3) is 3.04. The number of rotatable bonds is 3. The van der Waals surface area contributed by atoms with Gasteiger partial charge in [-0.25, -0.2) is 0 Å². The Labute approximate surface area is 122 Å². The van der Waals surface area contributed by atoms with Crippen LogP contribution in [0.3, 0.4) is 0 Å². The molecule has 110 valence electrons. The van der Waals surface area contributed by atoms with Crippen molar-refractivity contribution < 1.29 is 4.79 Å². The second kappa shape index (κ2) is 5.96. The highest BCUT2D eigenvalue weighted by Gasteiger charge is 2.35. The van der Waals surface area contributed by atoms with E-state index in [4.69, 9.17) is 0 Å². The Hall–Kier alpha value is -1.35. The number of piperazine rings is 1. The van der Waals surface area contributed by atoms with Crippen LogP contribution in [0.25, 0.3) is 0 Å². The molecule has 1 aliphatic heterocycles. The monoisotopic (exact) mass is 274 g/mol. The summed E-state index contributed by atoms with van der Waals surface area (Å²) in [5.74, 6) is 0.232. The summed E-state index contributed by atoms with van der Waals surface area (Å²) in [5.41, 5.74) is 1.96. The van der Waals surface area contributed by atoms with Gasteiger partial charge < -0.3 is 10.2 Å². The van der Waals surface area contributed by atoms with E-state index in [0.29, 0.717) is 6.04 Å². The number of nitrogens with zero attached hydrogens (tertiary/aromatic N) is 1. The Morgan fingerprint density at radius 2 is 2.00 bits per heavy atom. The Morgan fingerprint density at radius 1 is 1.35 bits per heavy atom. The lowest BCUT2D eigenvalue weighted by Crippen LogP contribution is -2.55. The minimum absolute atomic E-state index is 0.232. The molecule has 3 nitrogen and oxygen atoms in total. The van der Waals surface area contributed by atoms with Crippen molar-refractivity contribution in [3.8, 4) is 0 Å². The topological polar surface area (TPSA) is 32.3 Å². The van der Waals surface area contributed by atoms with Gasteiger partial charge in [0.25, 0.3) is 0 Å². The first-order chi connectivity index (χ1) is 9.45. The van der Waals surface area contributed by atoms with Gasteiger partial charge in [0.1, 0.15) is 0 Å². The van der Waals surface area contributed by atoms with Crippen molar-refractivity contribution in [1.29, 1.82) is 0 Å². The zero-order valence-corrected chi connectivity index (χ0v) is 13.1. The molecule has 0 bridgehead atoms. The lowest BCUT2D eigenvalue weighted by Gasteiger charge is -2.37. The molecular formula is C17H26N2O. The highest BCUT2D eigenvalue weighted by molar-refractivity contribution is 5.87. The molecular weight excluding hydrogens is 248 g/mol. The first kappa shape index (κ1) is 15.0. The summed E-state index contributed by atoms with van der Waals surface area (Å²) in [6.45, 7) is 10.8. The van der Waals surface area contributed by atoms with E-state index in [1.807, 2.05) is 18.7 Å². The minimum Gasteiger partial charge on any atom is -0.339 e. The molecule has 1 fully saturated rings. The predicted octanol–water partition coefficient (Wildman–Crippen LogP) is 2.35. The van der Waals surface area contributed by atoms with E-state index >= 15 is 0 Å². The van der Waals surface area contributed by atoms with Crippen molar-refractivity contribution in [3.63, 3.8) is 0 Å². The molecule has 1 N–H and O–H groups in total. The number of benzene rings is 1. The summed E-state index contributed by atoms with van der Waals surface area (Å²) in [4.78, 5) is 14.8. The number of carbonyl (C=O) groups is 1. The highest BCUT2D eigenvalue weighted by Crippen LogP contribution is 2.26. The van der Waals surface area contributed by atoms with Crippen molar-refractivity contribution in [2.45, 2.75) is 45.6 Å². The summed E-state index contributed by atoms with van der Waals surface area (Å²) >= 11 is 0. The van der Waals surface area contributed by atoms with Gasteiger partial charge in [-0.3, -0.25) is 4.79 Å². The van der Waals surface area contributed by atoms with Crippen LogP contribution in [0.4, 0.5) is 0 Å². The van der Waals surface area contributed by atoms with Gasteiger partial charge in [-0.05, 0) is 38.3 Å². The van der Waals surface area contributed by atoms with Gasteiger partial charge in [0, 0.05) is 25.7 Å². The summed E-state index contributed by atoms with van der Waals surface area (Å²) in [5, 5.41) is 3.38. The highest BCUT2D eigenvalue weighted by atomic mass is 16.2. The van der Waals surface area contributed by atoms with Crippen LogP contribution in [0.15, 0.2) is 24.3 Å². The Bertz CT molecular complexity index is 464. The number of carbonyl (C=O) groups excluding carboxylic acids is 1. The molecule has 0 spiro atoms. The van der Waals surface area contributed by atoms with Crippen LogP contribution >= 0.6 is 0 Å². The molecule has 3 heteroatoms. The molecule has 20 heavy (non-hydrogen) atoms. The van der Waals surface area contributed by atoms with Crippen LogP contribution in [0, 0.1) is 0 Å². The van der Waals surface area contributed by atoms with Crippen LogP contribution in [-0.4, -0.2) is 36.5 Å². The van der Waals surface area contributed by atoms with Crippen molar-refractivity contribution in [2.75, 3.05) is 19.6 Å². The molecule has 1 aromatic carbocycles. The first-order valence-corrected chi connectivity index (χ1v) is 7.57. The molecule has 1 aliphatic rings. The van der Waals surface area contributed by atoms with Crippen molar-refractivity contribution >= 4 is 5.91 Å². The molecule has 1 aromatic rings. The Kier molecular flexibility index (Phi) is 4.48. The average molecular weight is 274 g/mol. The third-order valence-electron chi connectivity index (χ3n) is 4.27. The fraction of sp³-hybridized carbons (Fsp3) is 0.588. The lowest BCUT2D eigenvalue weighted by molar-refractivity contribution is -0.137. The molecule has 0 aliphatic carbocycles. The summed E-state index contributed by atoms with van der Waals surface area (Å²) in [6, 6.07) is 8.84. The number of amides is 1. The summed E-state index contributed by atoms with van der Waals surface area (Å²) in [6.07, 6.45) is 1.03. The second-order valence-corrected chi connectivity index (χ2v) is 6.28. The number of aryl methyl sites for hydroxylation is 1. The number of nitrogens with one attached hydrogen (secondary N) is 1. The maximum atomic E-state index is 12.8. The molecule has 1 atom stereocenters. The van der Waals surface area contributed by atoms with Crippen LogP contribution in [0.2, 0.25) is 0 Å². The Balaban J connectivity index is 2.17. The van der Waals surface area contributed by atoms with Crippen molar-refractivity contribution in [3.05, 3.63) is 35.4 Å². The summed E-state index contributed by atoms with van der Waals surface area (Å²) in [7, 11) is 0. The Morgan fingerprint density at radius 3 is 2.55 bits per heavy atom. The molecule has 1 heterocycles. The van der Waals surface area contributed by atoms with E-state index in [2.05, 4.69) is 43.4 Å². The molecule has 0 radical (unpaired) electrons. The quantitative estimate of drug-likeness (QED) is 0.917. The van der Waals surface area contributed by atoms with Crippen LogP contribution in [0.5, 0.6) is 0 Å². The molecule has 1 saturated heterocycles. The fourth-order valence-electron chi connectivity index (χ4n) is 2.79. The zero-order valence-electron chi connectivity index (χ0n) is 13.1. The van der Waals surface area contributed by atoms with Gasteiger partial charge in [-0.2, -0.15) is 0 Å². The van der Waals surface area contributed by atoms with E-state index < -0.39 is 5.41 Å². The minimum atomic E-state index is -0.455. The summed E-state index contributed by atoms with van der Waals surface area (Å²) < 4.78 is 0. The van der Waals surface area contributed by atoms with E-state index in [9.17, 15) is 4.79 Å². The van der Waals surface area contributed by atoms with Crippen molar-refractivity contribution in [2.24, 2.45) is 0 Å². The average Bonchev–Trinajstić information content (AvgIpc) is 2.46. The van der Waals surface area contributed by atoms with Gasteiger partial charge in [0.2, 0.25) is 5.91 Å². The van der Waals surface area contributed by atoms with Gasteiger partial charge in [-0.15, -0.1) is 0 Å². The molecule has 2 rings (SSSR count). The molecule has 0 aromatic heterocycles.